The first-order valence-corrected chi connectivity index (χ1v) is 6.08. The fraction of sp³-hybridized carbons (Fsp3) is 0.0714. The van der Waals surface area contributed by atoms with Crippen molar-refractivity contribution in [2.75, 3.05) is 7.11 Å². The number of hydrogen-bond donors (Lipinski definition) is 1. The standard InChI is InChI=1S/C14H11BrO3/c1-18-11-5-2-9(3-6-11)12-7-4-10(14(16)17)8-13(12)15/h2-8H,1H3,(H,16,17). The summed E-state index contributed by atoms with van der Waals surface area (Å²) < 4.78 is 5.85. The summed E-state index contributed by atoms with van der Waals surface area (Å²) in [7, 11) is 1.62. The number of carboxylic acids is 1. The first-order valence-electron chi connectivity index (χ1n) is 5.29. The molecular formula is C14H11BrO3. The Bertz CT molecular complexity index is 576. The average molecular weight is 307 g/mol. The van der Waals surface area contributed by atoms with Crippen molar-refractivity contribution in [1.82, 2.24) is 0 Å². The van der Waals surface area contributed by atoms with E-state index in [1.807, 2.05) is 24.3 Å². The van der Waals surface area contributed by atoms with Crippen LogP contribution in [0.4, 0.5) is 0 Å². The largest absolute Gasteiger partial charge is 0.497 e. The van der Waals surface area contributed by atoms with Gasteiger partial charge in [-0.1, -0.05) is 34.1 Å². The van der Waals surface area contributed by atoms with Gasteiger partial charge < -0.3 is 9.84 Å². The zero-order valence-electron chi connectivity index (χ0n) is 9.68. The summed E-state index contributed by atoms with van der Waals surface area (Å²) in [4.78, 5) is 10.8. The predicted octanol–water partition coefficient (Wildman–Crippen LogP) is 3.82. The number of benzene rings is 2. The SMILES string of the molecule is COc1ccc(-c2ccc(C(=O)O)cc2Br)cc1. The van der Waals surface area contributed by atoms with E-state index in [0.29, 0.717) is 0 Å². The van der Waals surface area contributed by atoms with Crippen LogP contribution >= 0.6 is 15.9 Å². The van der Waals surface area contributed by atoms with E-state index in [2.05, 4.69) is 15.9 Å². The third kappa shape index (κ3) is 2.54. The van der Waals surface area contributed by atoms with Gasteiger partial charge in [-0.15, -0.1) is 0 Å². The van der Waals surface area contributed by atoms with E-state index >= 15 is 0 Å². The third-order valence-corrected chi connectivity index (χ3v) is 3.27. The van der Waals surface area contributed by atoms with Crippen LogP contribution in [0.5, 0.6) is 5.75 Å². The third-order valence-electron chi connectivity index (χ3n) is 2.62. The molecule has 0 saturated carbocycles. The molecule has 4 heteroatoms. The first-order chi connectivity index (χ1) is 8.61. The molecule has 0 atom stereocenters. The normalized spacial score (nSPS) is 10.1. The number of rotatable bonds is 3. The molecule has 2 aromatic carbocycles. The summed E-state index contributed by atoms with van der Waals surface area (Å²) in [5.41, 5.74) is 2.21. The van der Waals surface area contributed by atoms with Gasteiger partial charge in [-0.3, -0.25) is 0 Å². The van der Waals surface area contributed by atoms with Gasteiger partial charge in [0.1, 0.15) is 5.75 Å². The van der Waals surface area contributed by atoms with Crippen molar-refractivity contribution < 1.29 is 14.6 Å². The minimum atomic E-state index is -0.933. The molecular weight excluding hydrogens is 296 g/mol. The molecule has 3 nitrogen and oxygen atoms in total. The molecule has 0 radical (unpaired) electrons. The second kappa shape index (κ2) is 5.23. The Labute approximate surface area is 113 Å². The van der Waals surface area contributed by atoms with Gasteiger partial charge in [-0.2, -0.15) is 0 Å². The lowest BCUT2D eigenvalue weighted by Crippen LogP contribution is -1.96. The topological polar surface area (TPSA) is 46.5 Å². The molecule has 0 saturated heterocycles. The van der Waals surface area contributed by atoms with Gasteiger partial charge in [0.2, 0.25) is 0 Å². The maximum Gasteiger partial charge on any atom is 0.335 e. The van der Waals surface area contributed by atoms with E-state index < -0.39 is 5.97 Å². The molecule has 0 aliphatic rings. The van der Waals surface area contributed by atoms with Gasteiger partial charge in [-0.05, 0) is 35.4 Å². The fourth-order valence-electron chi connectivity index (χ4n) is 1.65. The van der Waals surface area contributed by atoms with Crippen LogP contribution in [0.1, 0.15) is 10.4 Å². The van der Waals surface area contributed by atoms with Crippen LogP contribution in [0.25, 0.3) is 11.1 Å². The molecule has 0 amide bonds. The van der Waals surface area contributed by atoms with Crippen molar-refractivity contribution in [2.24, 2.45) is 0 Å². The monoisotopic (exact) mass is 306 g/mol. The van der Waals surface area contributed by atoms with Gasteiger partial charge in [-0.25, -0.2) is 4.79 Å². The summed E-state index contributed by atoms with van der Waals surface area (Å²) in [5, 5.41) is 8.90. The van der Waals surface area contributed by atoms with Crippen molar-refractivity contribution in [3.8, 4) is 16.9 Å². The summed E-state index contributed by atoms with van der Waals surface area (Å²) in [6, 6.07) is 12.6. The number of aromatic carboxylic acids is 1. The van der Waals surface area contributed by atoms with Gasteiger partial charge >= 0.3 is 5.97 Å². The van der Waals surface area contributed by atoms with Gasteiger partial charge in [0.05, 0.1) is 12.7 Å². The highest BCUT2D eigenvalue weighted by Crippen LogP contribution is 2.30. The second-order valence-corrected chi connectivity index (χ2v) is 4.58. The summed E-state index contributed by atoms with van der Waals surface area (Å²) >= 11 is 3.39. The summed E-state index contributed by atoms with van der Waals surface area (Å²) in [5.74, 6) is -0.144. The molecule has 92 valence electrons. The van der Waals surface area contributed by atoms with Crippen LogP contribution in [0.3, 0.4) is 0 Å². The van der Waals surface area contributed by atoms with E-state index in [-0.39, 0.29) is 5.56 Å². The molecule has 2 aromatic rings. The molecule has 18 heavy (non-hydrogen) atoms. The second-order valence-electron chi connectivity index (χ2n) is 3.73. The van der Waals surface area contributed by atoms with Crippen LogP contribution in [-0.2, 0) is 0 Å². The number of hydrogen-bond acceptors (Lipinski definition) is 2. The Hall–Kier alpha value is -1.81. The lowest BCUT2D eigenvalue weighted by atomic mass is 10.0. The van der Waals surface area contributed by atoms with Crippen molar-refractivity contribution in [2.45, 2.75) is 0 Å². The lowest BCUT2D eigenvalue weighted by Gasteiger charge is -2.07. The minimum Gasteiger partial charge on any atom is -0.497 e. The minimum absolute atomic E-state index is 0.263. The Kier molecular flexibility index (Phi) is 3.67. The molecule has 0 unspecified atom stereocenters. The zero-order valence-corrected chi connectivity index (χ0v) is 11.3. The van der Waals surface area contributed by atoms with Crippen LogP contribution in [0, 0.1) is 0 Å². The van der Waals surface area contributed by atoms with Crippen molar-refractivity contribution >= 4 is 21.9 Å². The lowest BCUT2D eigenvalue weighted by molar-refractivity contribution is 0.0697. The molecule has 1 N–H and O–H groups in total. The molecule has 0 bridgehead atoms. The van der Waals surface area contributed by atoms with E-state index in [1.165, 1.54) is 0 Å². The van der Waals surface area contributed by atoms with E-state index in [1.54, 1.807) is 25.3 Å². The Morgan fingerprint density at radius 3 is 2.33 bits per heavy atom. The van der Waals surface area contributed by atoms with E-state index in [9.17, 15) is 4.79 Å². The number of methoxy groups -OCH3 is 1. The molecule has 0 aliphatic heterocycles. The summed E-state index contributed by atoms with van der Waals surface area (Å²) in [6.45, 7) is 0. The van der Waals surface area contributed by atoms with Gasteiger partial charge in [0.15, 0.2) is 0 Å². The smallest absolute Gasteiger partial charge is 0.335 e. The maximum atomic E-state index is 10.8. The quantitative estimate of drug-likeness (QED) is 0.937. The Morgan fingerprint density at radius 2 is 1.83 bits per heavy atom. The molecule has 0 fully saturated rings. The van der Waals surface area contributed by atoms with Crippen molar-refractivity contribution in [1.29, 1.82) is 0 Å². The van der Waals surface area contributed by atoms with Crippen LogP contribution in [0.15, 0.2) is 46.9 Å². The zero-order chi connectivity index (χ0) is 13.1. The number of carbonyl (C=O) groups is 1. The highest BCUT2D eigenvalue weighted by atomic mass is 79.9. The molecule has 2 rings (SSSR count). The molecule has 0 heterocycles. The van der Waals surface area contributed by atoms with Gasteiger partial charge in [0.25, 0.3) is 0 Å². The first kappa shape index (κ1) is 12.6. The fourth-order valence-corrected chi connectivity index (χ4v) is 2.26. The maximum absolute atomic E-state index is 10.8. The number of carboxylic acid groups (broad SMARTS) is 1. The number of ether oxygens (including phenoxy) is 1. The molecule has 0 spiro atoms. The van der Waals surface area contributed by atoms with Gasteiger partial charge in [0, 0.05) is 4.47 Å². The van der Waals surface area contributed by atoms with E-state index in [0.717, 1.165) is 21.3 Å². The van der Waals surface area contributed by atoms with Crippen LogP contribution < -0.4 is 4.74 Å². The molecule has 0 aromatic heterocycles. The number of halogens is 1. The molecule has 0 aliphatic carbocycles. The Morgan fingerprint density at radius 1 is 1.17 bits per heavy atom. The van der Waals surface area contributed by atoms with Crippen LogP contribution in [0.2, 0.25) is 0 Å². The van der Waals surface area contributed by atoms with Crippen LogP contribution in [-0.4, -0.2) is 18.2 Å². The van der Waals surface area contributed by atoms with Crippen molar-refractivity contribution in [3.05, 3.63) is 52.5 Å². The highest BCUT2D eigenvalue weighted by molar-refractivity contribution is 9.10. The highest BCUT2D eigenvalue weighted by Gasteiger charge is 2.08. The Balaban J connectivity index is 2.41. The van der Waals surface area contributed by atoms with E-state index in [4.69, 9.17) is 9.84 Å². The summed E-state index contributed by atoms with van der Waals surface area (Å²) in [6.07, 6.45) is 0. The predicted molar refractivity (Wildman–Crippen MR) is 73.1 cm³/mol. The average Bonchev–Trinajstić information content (AvgIpc) is 2.38. The van der Waals surface area contributed by atoms with Crippen molar-refractivity contribution in [3.63, 3.8) is 0 Å².